The summed E-state index contributed by atoms with van der Waals surface area (Å²) in [7, 11) is 1.39. The van der Waals surface area contributed by atoms with E-state index < -0.39 is 18.0 Å². The largest absolute Gasteiger partial charge is 0.480 e. The Bertz CT molecular complexity index is 266. The minimum atomic E-state index is -1.12. The van der Waals surface area contributed by atoms with E-state index in [1.165, 1.54) is 7.11 Å². The van der Waals surface area contributed by atoms with Crippen molar-refractivity contribution < 1.29 is 19.4 Å². The lowest BCUT2D eigenvalue weighted by atomic mass is 9.99. The Balaban J connectivity index is 4.27. The number of rotatable bonds is 7. The summed E-state index contributed by atoms with van der Waals surface area (Å²) >= 11 is 0. The number of carbonyl (C=O) groups excluding carboxylic acids is 1. The van der Waals surface area contributed by atoms with Crippen molar-refractivity contribution >= 4 is 12.0 Å². The number of urea groups is 1. The van der Waals surface area contributed by atoms with Gasteiger partial charge in [0.1, 0.15) is 0 Å². The first-order chi connectivity index (χ1) is 7.82. The zero-order valence-electron chi connectivity index (χ0n) is 10.9. The van der Waals surface area contributed by atoms with E-state index in [0.717, 1.165) is 12.8 Å². The molecule has 6 nitrogen and oxygen atoms in total. The topological polar surface area (TPSA) is 87.7 Å². The highest BCUT2D eigenvalue weighted by molar-refractivity contribution is 5.82. The number of ether oxygens (including phenoxy) is 1. The number of methoxy groups -OCH3 is 1. The average molecular weight is 246 g/mol. The van der Waals surface area contributed by atoms with Gasteiger partial charge in [0.25, 0.3) is 0 Å². The van der Waals surface area contributed by atoms with E-state index in [-0.39, 0.29) is 12.1 Å². The zero-order valence-corrected chi connectivity index (χ0v) is 10.9. The molecule has 0 aromatic rings. The van der Waals surface area contributed by atoms with Crippen molar-refractivity contribution in [3.8, 4) is 0 Å². The summed E-state index contributed by atoms with van der Waals surface area (Å²) < 4.78 is 4.72. The molecule has 0 saturated heterocycles. The van der Waals surface area contributed by atoms with Gasteiger partial charge in [0, 0.05) is 12.6 Å². The Morgan fingerprint density at radius 2 is 2.00 bits per heavy atom. The summed E-state index contributed by atoms with van der Waals surface area (Å²) in [6.45, 7) is 5.74. The second-order valence-electron chi connectivity index (χ2n) is 4.58. The average Bonchev–Trinajstić information content (AvgIpc) is 2.15. The first kappa shape index (κ1) is 15.7. The summed E-state index contributed by atoms with van der Waals surface area (Å²) in [6.07, 6.45) is 1.76. The molecule has 0 spiro atoms. The fourth-order valence-electron chi connectivity index (χ4n) is 1.53. The molecule has 17 heavy (non-hydrogen) atoms. The number of amides is 2. The van der Waals surface area contributed by atoms with E-state index in [4.69, 9.17) is 9.84 Å². The van der Waals surface area contributed by atoms with E-state index in [1.54, 1.807) is 0 Å². The Hall–Kier alpha value is -1.30. The summed E-state index contributed by atoms with van der Waals surface area (Å²) in [4.78, 5) is 22.4. The summed E-state index contributed by atoms with van der Waals surface area (Å²) in [5.74, 6) is -1.12. The molecule has 0 aliphatic heterocycles. The Labute approximate surface area is 102 Å². The van der Waals surface area contributed by atoms with Crippen molar-refractivity contribution in [2.45, 2.75) is 45.2 Å². The van der Waals surface area contributed by atoms with Crippen LogP contribution in [-0.2, 0) is 9.53 Å². The van der Waals surface area contributed by atoms with Crippen LogP contribution in [0, 0.1) is 0 Å². The van der Waals surface area contributed by atoms with Gasteiger partial charge in [-0.3, -0.25) is 0 Å². The van der Waals surface area contributed by atoms with Gasteiger partial charge in [0.2, 0.25) is 0 Å². The molecule has 0 heterocycles. The van der Waals surface area contributed by atoms with Crippen molar-refractivity contribution in [2.75, 3.05) is 13.7 Å². The van der Waals surface area contributed by atoms with Crippen molar-refractivity contribution in [1.82, 2.24) is 10.6 Å². The Morgan fingerprint density at radius 3 is 2.41 bits per heavy atom. The van der Waals surface area contributed by atoms with Gasteiger partial charge in [0.05, 0.1) is 6.61 Å². The molecular formula is C11H22N2O4. The second-order valence-corrected chi connectivity index (χ2v) is 4.58. The van der Waals surface area contributed by atoms with Crippen LogP contribution in [-0.4, -0.2) is 42.4 Å². The number of hydrogen-bond donors (Lipinski definition) is 3. The van der Waals surface area contributed by atoms with Crippen molar-refractivity contribution in [3.63, 3.8) is 0 Å². The van der Waals surface area contributed by atoms with Crippen LogP contribution in [0.15, 0.2) is 0 Å². The highest BCUT2D eigenvalue weighted by Crippen LogP contribution is 2.10. The maximum Gasteiger partial charge on any atom is 0.328 e. The van der Waals surface area contributed by atoms with Gasteiger partial charge in [-0.15, -0.1) is 0 Å². The van der Waals surface area contributed by atoms with Crippen molar-refractivity contribution in [1.29, 1.82) is 0 Å². The normalized spacial score (nSPS) is 12.9. The van der Waals surface area contributed by atoms with Crippen molar-refractivity contribution in [2.24, 2.45) is 0 Å². The maximum atomic E-state index is 11.6. The van der Waals surface area contributed by atoms with Crippen LogP contribution in [0.5, 0.6) is 0 Å². The molecule has 0 aliphatic carbocycles. The number of carboxylic acid groups (broad SMARTS) is 1. The molecule has 0 saturated carbocycles. The van der Waals surface area contributed by atoms with Gasteiger partial charge in [0.15, 0.2) is 6.04 Å². The predicted octanol–water partition coefficient (Wildman–Crippen LogP) is 0.964. The first-order valence-corrected chi connectivity index (χ1v) is 5.63. The summed E-state index contributed by atoms with van der Waals surface area (Å²) in [5, 5.41) is 13.9. The van der Waals surface area contributed by atoms with Crippen molar-refractivity contribution in [3.05, 3.63) is 0 Å². The van der Waals surface area contributed by atoms with Crippen LogP contribution in [0.2, 0.25) is 0 Å². The molecule has 0 bridgehead atoms. The molecule has 0 aliphatic rings. The summed E-state index contributed by atoms with van der Waals surface area (Å²) in [6, 6.07) is -1.52. The van der Waals surface area contributed by atoms with Crippen LogP contribution < -0.4 is 10.6 Å². The van der Waals surface area contributed by atoms with E-state index in [0.29, 0.717) is 0 Å². The van der Waals surface area contributed by atoms with Crippen LogP contribution in [0.4, 0.5) is 4.79 Å². The lowest BCUT2D eigenvalue weighted by Crippen LogP contribution is -2.53. The fraction of sp³-hybridized carbons (Fsp3) is 0.818. The van der Waals surface area contributed by atoms with Crippen LogP contribution >= 0.6 is 0 Å². The first-order valence-electron chi connectivity index (χ1n) is 5.63. The standard InChI is InChI=1S/C11H22N2O4/c1-5-6-11(2,3)13-10(16)12-8(7-17-4)9(14)15/h8H,5-7H2,1-4H3,(H,14,15)(H2,12,13,16). The quantitative estimate of drug-likeness (QED) is 0.624. The van der Waals surface area contributed by atoms with Crippen LogP contribution in [0.25, 0.3) is 0 Å². The van der Waals surface area contributed by atoms with E-state index in [9.17, 15) is 9.59 Å². The van der Waals surface area contributed by atoms with Crippen LogP contribution in [0.1, 0.15) is 33.6 Å². The van der Waals surface area contributed by atoms with E-state index in [1.807, 2.05) is 20.8 Å². The highest BCUT2D eigenvalue weighted by atomic mass is 16.5. The molecule has 0 aromatic heterocycles. The fourth-order valence-corrected chi connectivity index (χ4v) is 1.53. The lowest BCUT2D eigenvalue weighted by Gasteiger charge is -2.26. The van der Waals surface area contributed by atoms with E-state index >= 15 is 0 Å². The number of nitrogens with one attached hydrogen (secondary N) is 2. The highest BCUT2D eigenvalue weighted by Gasteiger charge is 2.23. The molecule has 100 valence electrons. The second kappa shape index (κ2) is 7.11. The summed E-state index contributed by atoms with van der Waals surface area (Å²) in [5.41, 5.74) is -0.352. The Kier molecular flexibility index (Phi) is 6.57. The lowest BCUT2D eigenvalue weighted by molar-refractivity contribution is -0.140. The smallest absolute Gasteiger partial charge is 0.328 e. The molecule has 0 fully saturated rings. The van der Waals surface area contributed by atoms with Crippen LogP contribution in [0.3, 0.4) is 0 Å². The van der Waals surface area contributed by atoms with Gasteiger partial charge >= 0.3 is 12.0 Å². The van der Waals surface area contributed by atoms with Gasteiger partial charge in [-0.25, -0.2) is 9.59 Å². The molecule has 0 radical (unpaired) electrons. The van der Waals surface area contributed by atoms with Gasteiger partial charge in [-0.2, -0.15) is 0 Å². The molecule has 3 N–H and O–H groups in total. The van der Waals surface area contributed by atoms with Gasteiger partial charge in [-0.1, -0.05) is 13.3 Å². The molecule has 1 unspecified atom stereocenters. The maximum absolute atomic E-state index is 11.6. The van der Waals surface area contributed by atoms with E-state index in [2.05, 4.69) is 10.6 Å². The molecule has 0 aromatic carbocycles. The zero-order chi connectivity index (χ0) is 13.5. The number of carbonyl (C=O) groups is 2. The number of aliphatic carboxylic acids is 1. The number of carboxylic acids is 1. The third-order valence-electron chi connectivity index (χ3n) is 2.26. The van der Waals surface area contributed by atoms with Gasteiger partial charge < -0.3 is 20.5 Å². The monoisotopic (exact) mass is 246 g/mol. The SMILES string of the molecule is CCCC(C)(C)NC(=O)NC(COC)C(=O)O. The van der Waals surface area contributed by atoms with Gasteiger partial charge in [-0.05, 0) is 20.3 Å². The minimum absolute atomic E-state index is 0.0586. The minimum Gasteiger partial charge on any atom is -0.480 e. The third kappa shape index (κ3) is 6.78. The molecule has 2 amide bonds. The molecule has 0 rings (SSSR count). The molecule has 6 heteroatoms. The predicted molar refractivity (Wildman–Crippen MR) is 64.0 cm³/mol. The Morgan fingerprint density at radius 1 is 1.41 bits per heavy atom. The molecular weight excluding hydrogens is 224 g/mol. The number of hydrogen-bond acceptors (Lipinski definition) is 3. The molecule has 1 atom stereocenters. The third-order valence-corrected chi connectivity index (χ3v) is 2.26.